The normalized spacial score (nSPS) is 18.0. The van der Waals surface area contributed by atoms with E-state index in [9.17, 15) is 0 Å². The highest BCUT2D eigenvalue weighted by Gasteiger charge is 2.21. The van der Waals surface area contributed by atoms with Gasteiger partial charge in [-0.3, -0.25) is 0 Å². The first-order chi connectivity index (χ1) is 8.01. The van der Waals surface area contributed by atoms with E-state index in [-0.39, 0.29) is 0 Å². The Bertz CT molecular complexity index is 444. The minimum absolute atomic E-state index is 0.617. The molecule has 0 spiro atoms. The Labute approximate surface area is 103 Å². The van der Waals surface area contributed by atoms with Crippen LogP contribution in [0.25, 0.3) is 0 Å². The molecule has 0 aliphatic heterocycles. The Balaban J connectivity index is 2.49. The fourth-order valence-electron chi connectivity index (χ4n) is 2.32. The molecule has 0 radical (unpaired) electrons. The smallest absolute Gasteiger partial charge is 0.122 e. The number of quaternary nitrogens is 1. The summed E-state index contributed by atoms with van der Waals surface area (Å²) < 4.78 is 6.05. The number of nitrogens with zero attached hydrogens (tertiary/aromatic N) is 2. The van der Waals surface area contributed by atoms with E-state index in [1.165, 1.54) is 16.8 Å². The van der Waals surface area contributed by atoms with Gasteiger partial charge in [0.25, 0.3) is 0 Å². The van der Waals surface area contributed by atoms with Crippen LogP contribution in [-0.2, 0) is 6.42 Å². The first-order valence-corrected chi connectivity index (χ1v) is 6.08. The molecule has 0 amide bonds. The fraction of sp³-hybridized carbons (Fsp3) is 0.500. The standard InChI is InChI=1S/C14H21N2O/c1-16(2,3)15-13-9-5-8-12-11(13)7-6-10-14(12)17-4/h6-7,10H,5,8-9H2,1-4H3/q+1/b15-13+. The number of methoxy groups -OCH3 is 1. The second-order valence-corrected chi connectivity index (χ2v) is 5.33. The Morgan fingerprint density at radius 2 is 1.94 bits per heavy atom. The summed E-state index contributed by atoms with van der Waals surface area (Å²) in [4.78, 5) is 0. The lowest BCUT2D eigenvalue weighted by Crippen LogP contribution is -2.30. The monoisotopic (exact) mass is 233 g/mol. The molecule has 0 atom stereocenters. The Hall–Kier alpha value is -1.35. The predicted octanol–water partition coefficient (Wildman–Crippen LogP) is 2.44. The maximum absolute atomic E-state index is 5.43. The molecule has 1 aliphatic carbocycles. The molecule has 0 bridgehead atoms. The van der Waals surface area contributed by atoms with Gasteiger partial charge in [0.1, 0.15) is 11.5 Å². The second-order valence-electron chi connectivity index (χ2n) is 5.33. The number of ether oxygens (including phenoxy) is 1. The number of fused-ring (bicyclic) bond motifs is 1. The zero-order valence-corrected chi connectivity index (χ0v) is 11.2. The highest BCUT2D eigenvalue weighted by atomic mass is 16.5. The van der Waals surface area contributed by atoms with Crippen molar-refractivity contribution in [1.29, 1.82) is 0 Å². The van der Waals surface area contributed by atoms with Crippen LogP contribution in [0.3, 0.4) is 0 Å². The van der Waals surface area contributed by atoms with Gasteiger partial charge in [-0.1, -0.05) is 17.2 Å². The van der Waals surface area contributed by atoms with Crippen molar-refractivity contribution in [2.75, 3.05) is 28.3 Å². The van der Waals surface area contributed by atoms with Crippen molar-refractivity contribution in [2.24, 2.45) is 5.10 Å². The van der Waals surface area contributed by atoms with E-state index in [0.717, 1.165) is 25.0 Å². The lowest BCUT2D eigenvalue weighted by Gasteiger charge is -2.23. The fourth-order valence-corrected chi connectivity index (χ4v) is 2.32. The van der Waals surface area contributed by atoms with Gasteiger partial charge >= 0.3 is 0 Å². The zero-order valence-electron chi connectivity index (χ0n) is 11.2. The Morgan fingerprint density at radius 3 is 2.59 bits per heavy atom. The summed E-state index contributed by atoms with van der Waals surface area (Å²) >= 11 is 0. The lowest BCUT2D eigenvalue weighted by molar-refractivity contribution is -0.877. The summed E-state index contributed by atoms with van der Waals surface area (Å²) in [6, 6.07) is 6.24. The molecular formula is C14H21N2O+. The van der Waals surface area contributed by atoms with Crippen LogP contribution in [0, 0.1) is 0 Å². The molecule has 0 unspecified atom stereocenters. The van der Waals surface area contributed by atoms with Crippen molar-refractivity contribution in [3.05, 3.63) is 29.3 Å². The third-order valence-electron chi connectivity index (χ3n) is 2.92. The minimum Gasteiger partial charge on any atom is -0.496 e. The summed E-state index contributed by atoms with van der Waals surface area (Å²) in [5.41, 5.74) is 3.79. The molecular weight excluding hydrogens is 212 g/mol. The number of rotatable bonds is 2. The van der Waals surface area contributed by atoms with Gasteiger partial charge in [0.05, 0.1) is 28.3 Å². The van der Waals surface area contributed by atoms with Crippen LogP contribution >= 0.6 is 0 Å². The quantitative estimate of drug-likeness (QED) is 0.568. The maximum Gasteiger partial charge on any atom is 0.122 e. The van der Waals surface area contributed by atoms with E-state index >= 15 is 0 Å². The molecule has 0 N–H and O–H groups in total. The van der Waals surface area contributed by atoms with Crippen molar-refractivity contribution in [3.63, 3.8) is 0 Å². The van der Waals surface area contributed by atoms with E-state index in [2.05, 4.69) is 27.2 Å². The van der Waals surface area contributed by atoms with Crippen LogP contribution in [0.15, 0.2) is 23.3 Å². The molecule has 0 aromatic heterocycles. The first-order valence-electron chi connectivity index (χ1n) is 6.08. The van der Waals surface area contributed by atoms with Gasteiger partial charge in [-0.05, 0) is 25.3 Å². The van der Waals surface area contributed by atoms with Gasteiger partial charge in [-0.2, -0.15) is 0 Å². The molecule has 3 nitrogen and oxygen atoms in total. The van der Waals surface area contributed by atoms with Crippen molar-refractivity contribution in [2.45, 2.75) is 19.3 Å². The average molecular weight is 233 g/mol. The van der Waals surface area contributed by atoms with Crippen LogP contribution < -0.4 is 4.74 Å². The Morgan fingerprint density at radius 1 is 1.18 bits per heavy atom. The summed E-state index contributed by atoms with van der Waals surface area (Å²) in [5.74, 6) is 0.997. The van der Waals surface area contributed by atoms with Gasteiger partial charge < -0.3 is 4.74 Å². The van der Waals surface area contributed by atoms with E-state index in [1.807, 2.05) is 12.1 Å². The predicted molar refractivity (Wildman–Crippen MR) is 70.5 cm³/mol. The molecule has 1 aromatic rings. The molecule has 17 heavy (non-hydrogen) atoms. The molecule has 0 heterocycles. The summed E-state index contributed by atoms with van der Waals surface area (Å²) in [5, 5.41) is 4.78. The second kappa shape index (κ2) is 4.49. The molecule has 0 fully saturated rings. The van der Waals surface area contributed by atoms with Crippen LogP contribution in [0.4, 0.5) is 0 Å². The molecule has 3 heteroatoms. The molecule has 92 valence electrons. The summed E-state index contributed by atoms with van der Waals surface area (Å²) in [7, 11) is 7.99. The number of hydrogen-bond donors (Lipinski definition) is 0. The maximum atomic E-state index is 5.43. The lowest BCUT2D eigenvalue weighted by atomic mass is 9.89. The van der Waals surface area contributed by atoms with Gasteiger partial charge in [0, 0.05) is 11.1 Å². The topological polar surface area (TPSA) is 21.6 Å². The van der Waals surface area contributed by atoms with Crippen LogP contribution in [0.5, 0.6) is 5.75 Å². The van der Waals surface area contributed by atoms with Gasteiger partial charge in [0.2, 0.25) is 0 Å². The van der Waals surface area contributed by atoms with E-state index in [1.54, 1.807) is 7.11 Å². The minimum atomic E-state index is 0.617. The number of benzene rings is 1. The third-order valence-corrected chi connectivity index (χ3v) is 2.92. The third kappa shape index (κ3) is 2.67. The van der Waals surface area contributed by atoms with E-state index in [0.29, 0.717) is 4.59 Å². The number of hydrogen-bond acceptors (Lipinski definition) is 2. The molecule has 2 rings (SSSR count). The largest absolute Gasteiger partial charge is 0.496 e. The van der Waals surface area contributed by atoms with Crippen molar-refractivity contribution >= 4 is 5.71 Å². The molecule has 0 saturated carbocycles. The molecule has 1 aromatic carbocycles. The highest BCUT2D eigenvalue weighted by Crippen LogP contribution is 2.30. The van der Waals surface area contributed by atoms with E-state index < -0.39 is 0 Å². The molecule has 1 aliphatic rings. The average Bonchev–Trinajstić information content (AvgIpc) is 2.27. The van der Waals surface area contributed by atoms with Gasteiger partial charge in [-0.25, -0.2) is 4.59 Å². The zero-order chi connectivity index (χ0) is 12.5. The van der Waals surface area contributed by atoms with E-state index in [4.69, 9.17) is 9.84 Å². The Kier molecular flexibility index (Phi) is 3.20. The van der Waals surface area contributed by atoms with Crippen LogP contribution in [0.2, 0.25) is 0 Å². The first kappa shape index (κ1) is 12.1. The van der Waals surface area contributed by atoms with Crippen molar-refractivity contribution < 1.29 is 9.33 Å². The summed E-state index contributed by atoms with van der Waals surface area (Å²) in [6.45, 7) is 0. The van der Waals surface area contributed by atoms with Crippen LogP contribution in [-0.4, -0.2) is 38.6 Å². The summed E-state index contributed by atoms with van der Waals surface area (Å²) in [6.07, 6.45) is 3.32. The SMILES string of the molecule is COc1cccc2c1CCC/C2=N\[N+](C)(C)C. The van der Waals surface area contributed by atoms with Gasteiger partial charge in [-0.15, -0.1) is 0 Å². The van der Waals surface area contributed by atoms with Gasteiger partial charge in [0.15, 0.2) is 0 Å². The molecule has 0 saturated heterocycles. The van der Waals surface area contributed by atoms with Crippen molar-refractivity contribution in [3.8, 4) is 5.75 Å². The van der Waals surface area contributed by atoms with Crippen LogP contribution in [0.1, 0.15) is 24.0 Å². The van der Waals surface area contributed by atoms with Crippen molar-refractivity contribution in [1.82, 2.24) is 0 Å². The highest BCUT2D eigenvalue weighted by molar-refractivity contribution is 6.02.